The van der Waals surface area contributed by atoms with E-state index in [9.17, 15) is 19.2 Å². The third kappa shape index (κ3) is 5.40. The predicted molar refractivity (Wildman–Crippen MR) is 105 cm³/mol. The Kier molecular flexibility index (Phi) is 6.76. The number of urea groups is 1. The van der Waals surface area contributed by atoms with Gasteiger partial charge in [-0.1, -0.05) is 13.8 Å². The zero-order valence-corrected chi connectivity index (χ0v) is 16.9. The van der Waals surface area contributed by atoms with Crippen molar-refractivity contribution in [2.45, 2.75) is 20.3 Å². The number of amides is 4. The minimum atomic E-state index is -0.738. The number of hydrogen-bond donors (Lipinski definition) is 2. The van der Waals surface area contributed by atoms with Gasteiger partial charge >= 0.3 is 12.0 Å². The smallest absolute Gasteiger partial charge is 0.321 e. The number of nitrogens with one attached hydrogen (secondary N) is 2. The third-order valence-corrected chi connectivity index (χ3v) is 4.57. The summed E-state index contributed by atoms with van der Waals surface area (Å²) in [5.41, 5.74) is 0.596. The highest BCUT2D eigenvalue weighted by molar-refractivity contribution is 6.00. The number of nitrogens with zero attached hydrogens (tertiary/aromatic N) is 1. The van der Waals surface area contributed by atoms with Crippen molar-refractivity contribution in [3.05, 3.63) is 18.2 Å². The molecular weight excluding hydrogens is 394 g/mol. The lowest BCUT2D eigenvalue weighted by Crippen LogP contribution is -2.42. The zero-order valence-electron chi connectivity index (χ0n) is 16.9. The Morgan fingerprint density at radius 2 is 1.93 bits per heavy atom. The lowest BCUT2D eigenvalue weighted by atomic mass is 10.1. The standard InChI is InChI=1S/C20H25N3O7/c1-12(2)9-21-20(27)22-17(24)11-30-19(26)13-7-18(25)23(10-13)14-3-4-15-16(8-14)29-6-5-28-15/h3-4,8,12-13H,5-7,9-11H2,1-2H3,(H2,21,22,24,27)/t13-/m1/s1. The SMILES string of the molecule is CC(C)CNC(=O)NC(=O)COC(=O)[C@@H]1CC(=O)N(c2ccc3c(c2)OCCO3)C1. The number of esters is 1. The molecule has 0 bridgehead atoms. The second-order valence-electron chi connectivity index (χ2n) is 7.49. The quantitative estimate of drug-likeness (QED) is 0.655. The summed E-state index contributed by atoms with van der Waals surface area (Å²) in [7, 11) is 0. The normalized spacial score (nSPS) is 17.6. The molecule has 1 aromatic carbocycles. The van der Waals surface area contributed by atoms with Crippen LogP contribution in [0.5, 0.6) is 11.5 Å². The van der Waals surface area contributed by atoms with Gasteiger partial charge in [0, 0.05) is 31.3 Å². The van der Waals surface area contributed by atoms with Crippen LogP contribution in [0.4, 0.5) is 10.5 Å². The minimum absolute atomic E-state index is 0.0240. The molecule has 3 rings (SSSR count). The topological polar surface area (TPSA) is 123 Å². The zero-order chi connectivity index (χ0) is 21.7. The monoisotopic (exact) mass is 419 g/mol. The van der Waals surface area contributed by atoms with Crippen molar-refractivity contribution in [2.75, 3.05) is 37.8 Å². The van der Waals surface area contributed by atoms with Crippen LogP contribution in [0.25, 0.3) is 0 Å². The van der Waals surface area contributed by atoms with Gasteiger partial charge in [-0.05, 0) is 18.1 Å². The first kappa shape index (κ1) is 21.4. The van der Waals surface area contributed by atoms with Crippen LogP contribution >= 0.6 is 0 Å². The molecule has 30 heavy (non-hydrogen) atoms. The van der Waals surface area contributed by atoms with Crippen molar-refractivity contribution in [3.8, 4) is 11.5 Å². The number of rotatable bonds is 6. The summed E-state index contributed by atoms with van der Waals surface area (Å²) in [6.07, 6.45) is -0.0240. The molecule has 4 amide bonds. The van der Waals surface area contributed by atoms with Gasteiger partial charge < -0.3 is 24.4 Å². The van der Waals surface area contributed by atoms with Crippen LogP contribution < -0.4 is 25.0 Å². The molecule has 10 heteroatoms. The van der Waals surface area contributed by atoms with Gasteiger partial charge in [-0.15, -0.1) is 0 Å². The molecule has 2 aliphatic heterocycles. The fraction of sp³-hybridized carbons (Fsp3) is 0.500. The van der Waals surface area contributed by atoms with Crippen LogP contribution in [0.1, 0.15) is 20.3 Å². The van der Waals surface area contributed by atoms with Crippen molar-refractivity contribution in [2.24, 2.45) is 11.8 Å². The van der Waals surface area contributed by atoms with Gasteiger partial charge in [0.05, 0.1) is 5.92 Å². The summed E-state index contributed by atoms with van der Waals surface area (Å²) in [5, 5.41) is 4.61. The minimum Gasteiger partial charge on any atom is -0.486 e. The Morgan fingerprint density at radius 3 is 2.67 bits per heavy atom. The summed E-state index contributed by atoms with van der Waals surface area (Å²) in [4.78, 5) is 49.4. The number of carbonyl (C=O) groups is 4. The average Bonchev–Trinajstić information content (AvgIpc) is 3.12. The van der Waals surface area contributed by atoms with Crippen LogP contribution in [0.3, 0.4) is 0 Å². The van der Waals surface area contributed by atoms with E-state index in [1.807, 2.05) is 13.8 Å². The summed E-state index contributed by atoms with van der Waals surface area (Å²) < 4.78 is 16.0. The van der Waals surface area contributed by atoms with E-state index in [0.717, 1.165) is 0 Å². The van der Waals surface area contributed by atoms with Gasteiger partial charge in [-0.3, -0.25) is 19.7 Å². The van der Waals surface area contributed by atoms with Crippen molar-refractivity contribution in [1.29, 1.82) is 0 Å². The highest BCUT2D eigenvalue weighted by Gasteiger charge is 2.36. The second-order valence-corrected chi connectivity index (χ2v) is 7.49. The van der Waals surface area contributed by atoms with E-state index in [1.54, 1.807) is 18.2 Å². The van der Waals surface area contributed by atoms with E-state index in [0.29, 0.717) is 36.9 Å². The van der Waals surface area contributed by atoms with E-state index in [1.165, 1.54) is 4.90 Å². The number of anilines is 1. The third-order valence-electron chi connectivity index (χ3n) is 4.57. The van der Waals surface area contributed by atoms with Gasteiger partial charge in [0.2, 0.25) is 5.91 Å². The number of ether oxygens (including phenoxy) is 3. The average molecular weight is 419 g/mol. The molecule has 0 aliphatic carbocycles. The highest BCUT2D eigenvalue weighted by Crippen LogP contribution is 2.36. The fourth-order valence-corrected chi connectivity index (χ4v) is 3.07. The first-order chi connectivity index (χ1) is 14.3. The molecule has 0 aromatic heterocycles. The van der Waals surface area contributed by atoms with E-state index in [4.69, 9.17) is 14.2 Å². The van der Waals surface area contributed by atoms with Gasteiger partial charge in [0.25, 0.3) is 5.91 Å². The first-order valence-electron chi connectivity index (χ1n) is 9.78. The van der Waals surface area contributed by atoms with Crippen molar-refractivity contribution < 1.29 is 33.4 Å². The highest BCUT2D eigenvalue weighted by atomic mass is 16.6. The van der Waals surface area contributed by atoms with Crippen LogP contribution in [0, 0.1) is 11.8 Å². The maximum atomic E-state index is 12.4. The summed E-state index contributed by atoms with van der Waals surface area (Å²) in [6, 6.07) is 4.49. The Bertz CT molecular complexity index is 840. The maximum Gasteiger partial charge on any atom is 0.321 e. The number of hydrogen-bond acceptors (Lipinski definition) is 7. The van der Waals surface area contributed by atoms with Gasteiger partial charge in [-0.25, -0.2) is 4.79 Å². The van der Waals surface area contributed by atoms with Gasteiger partial charge in [-0.2, -0.15) is 0 Å². The van der Waals surface area contributed by atoms with E-state index in [2.05, 4.69) is 10.6 Å². The Balaban J connectivity index is 1.49. The van der Waals surface area contributed by atoms with Crippen molar-refractivity contribution in [3.63, 3.8) is 0 Å². The second kappa shape index (κ2) is 9.47. The van der Waals surface area contributed by atoms with Crippen molar-refractivity contribution in [1.82, 2.24) is 10.6 Å². The van der Waals surface area contributed by atoms with E-state index >= 15 is 0 Å². The summed E-state index contributed by atoms with van der Waals surface area (Å²) >= 11 is 0. The molecule has 0 saturated carbocycles. The molecule has 0 spiro atoms. The molecule has 1 atom stereocenters. The van der Waals surface area contributed by atoms with E-state index < -0.39 is 30.4 Å². The molecular formula is C20H25N3O7. The van der Waals surface area contributed by atoms with Gasteiger partial charge in [0.15, 0.2) is 18.1 Å². The Morgan fingerprint density at radius 1 is 1.20 bits per heavy atom. The number of fused-ring (bicyclic) bond motifs is 1. The Hall–Kier alpha value is -3.30. The molecule has 2 N–H and O–H groups in total. The molecule has 1 aromatic rings. The van der Waals surface area contributed by atoms with Crippen molar-refractivity contribution >= 4 is 29.5 Å². The molecule has 1 saturated heterocycles. The molecule has 10 nitrogen and oxygen atoms in total. The first-order valence-corrected chi connectivity index (χ1v) is 9.78. The largest absolute Gasteiger partial charge is 0.486 e. The molecule has 0 radical (unpaired) electrons. The molecule has 2 heterocycles. The summed E-state index contributed by atoms with van der Waals surface area (Å²) in [5.74, 6) is -0.945. The van der Waals surface area contributed by atoms with Crippen LogP contribution in [-0.2, 0) is 19.1 Å². The lowest BCUT2D eigenvalue weighted by Gasteiger charge is -2.22. The van der Waals surface area contributed by atoms with Crippen LogP contribution in [-0.4, -0.2) is 56.7 Å². The summed E-state index contributed by atoms with van der Waals surface area (Å²) in [6.45, 7) is 4.68. The fourth-order valence-electron chi connectivity index (χ4n) is 3.07. The molecule has 0 unspecified atom stereocenters. The van der Waals surface area contributed by atoms with E-state index in [-0.39, 0.29) is 24.8 Å². The van der Waals surface area contributed by atoms with Gasteiger partial charge in [0.1, 0.15) is 13.2 Å². The number of carbonyl (C=O) groups excluding carboxylic acids is 4. The number of imide groups is 1. The molecule has 2 aliphatic rings. The van der Waals surface area contributed by atoms with Crippen LogP contribution in [0.2, 0.25) is 0 Å². The predicted octanol–water partition coefficient (Wildman–Crippen LogP) is 0.836. The van der Waals surface area contributed by atoms with Crippen LogP contribution in [0.15, 0.2) is 18.2 Å². The Labute approximate surface area is 173 Å². The lowest BCUT2D eigenvalue weighted by molar-refractivity contribution is -0.152. The number of benzene rings is 1. The maximum absolute atomic E-state index is 12.4. The molecule has 162 valence electrons. The molecule has 1 fully saturated rings.